The Hall–Kier alpha value is -1.55. The molecule has 0 aliphatic rings. The summed E-state index contributed by atoms with van der Waals surface area (Å²) in [6.45, 7) is 5.22. The molecule has 0 saturated carbocycles. The van der Waals surface area contributed by atoms with E-state index in [2.05, 4.69) is 10.3 Å². The molecule has 0 bridgehead atoms. The summed E-state index contributed by atoms with van der Waals surface area (Å²) in [6.07, 6.45) is 0. The van der Waals surface area contributed by atoms with Crippen LogP contribution in [0.2, 0.25) is 0 Å². The Labute approximate surface area is 96.5 Å². The summed E-state index contributed by atoms with van der Waals surface area (Å²) in [5.41, 5.74) is 6.70. The molecule has 1 unspecified atom stereocenters. The van der Waals surface area contributed by atoms with Gasteiger partial charge in [0.2, 0.25) is 0 Å². The van der Waals surface area contributed by atoms with Gasteiger partial charge in [-0.2, -0.15) is 0 Å². The van der Waals surface area contributed by atoms with Crippen LogP contribution in [0.3, 0.4) is 0 Å². The molecule has 1 aromatic rings. The zero-order valence-corrected chi connectivity index (χ0v) is 9.81. The number of nitrogens with one attached hydrogen (secondary N) is 1. The third kappa shape index (κ3) is 4.79. The van der Waals surface area contributed by atoms with Crippen LogP contribution >= 0.6 is 0 Å². The Morgan fingerprint density at radius 1 is 1.44 bits per heavy atom. The van der Waals surface area contributed by atoms with Crippen LogP contribution in [0.1, 0.15) is 13.8 Å². The smallest absolute Gasteiger partial charge is 0.193 e. The van der Waals surface area contributed by atoms with Crippen LogP contribution in [0.4, 0.5) is 5.69 Å². The van der Waals surface area contributed by atoms with Crippen molar-refractivity contribution >= 4 is 11.6 Å². The zero-order valence-electron chi connectivity index (χ0n) is 9.81. The van der Waals surface area contributed by atoms with E-state index >= 15 is 0 Å². The number of guanidine groups is 1. The lowest BCUT2D eigenvalue weighted by Crippen LogP contribution is -2.25. The van der Waals surface area contributed by atoms with Crippen LogP contribution in [0.25, 0.3) is 0 Å². The summed E-state index contributed by atoms with van der Waals surface area (Å²) in [7, 11) is 0. The van der Waals surface area contributed by atoms with Crippen LogP contribution in [0, 0.1) is 0 Å². The average molecular weight is 221 g/mol. The van der Waals surface area contributed by atoms with Gasteiger partial charge in [-0.3, -0.25) is 0 Å². The van der Waals surface area contributed by atoms with Gasteiger partial charge in [0.25, 0.3) is 0 Å². The van der Waals surface area contributed by atoms with Crippen LogP contribution in [0.5, 0.6) is 0 Å². The highest BCUT2D eigenvalue weighted by Gasteiger charge is 2.00. The van der Waals surface area contributed by atoms with E-state index in [0.29, 0.717) is 19.2 Å². The van der Waals surface area contributed by atoms with E-state index < -0.39 is 0 Å². The topological polar surface area (TPSA) is 59.6 Å². The van der Waals surface area contributed by atoms with E-state index in [1.54, 1.807) is 0 Å². The summed E-state index contributed by atoms with van der Waals surface area (Å²) in [5.74, 6) is 0.415. The lowest BCUT2D eigenvalue weighted by molar-refractivity contribution is 0.137. The number of nitrogens with zero attached hydrogens (tertiary/aromatic N) is 1. The lowest BCUT2D eigenvalue weighted by atomic mass is 10.3. The normalized spacial score (nSPS) is 13.5. The maximum atomic E-state index is 5.76. The second-order valence-corrected chi connectivity index (χ2v) is 3.51. The van der Waals surface area contributed by atoms with Gasteiger partial charge in [-0.15, -0.1) is 0 Å². The van der Waals surface area contributed by atoms with Crippen LogP contribution < -0.4 is 11.1 Å². The van der Waals surface area contributed by atoms with Crippen molar-refractivity contribution in [3.63, 3.8) is 0 Å². The molecule has 1 rings (SSSR count). The van der Waals surface area contributed by atoms with Gasteiger partial charge in [-0.1, -0.05) is 18.2 Å². The second kappa shape index (κ2) is 6.85. The first-order valence-corrected chi connectivity index (χ1v) is 5.45. The van der Waals surface area contributed by atoms with E-state index in [1.807, 2.05) is 44.2 Å². The van der Waals surface area contributed by atoms with Crippen molar-refractivity contribution in [1.82, 2.24) is 0 Å². The predicted molar refractivity (Wildman–Crippen MR) is 67.6 cm³/mol. The van der Waals surface area contributed by atoms with Gasteiger partial charge < -0.3 is 15.8 Å². The van der Waals surface area contributed by atoms with Gasteiger partial charge in [-0.05, 0) is 26.0 Å². The van der Waals surface area contributed by atoms with E-state index in [9.17, 15) is 0 Å². The highest BCUT2D eigenvalue weighted by Crippen LogP contribution is 2.04. The number of ether oxygens (including phenoxy) is 1. The number of anilines is 1. The molecule has 4 heteroatoms. The number of aliphatic imine (C=N–C) groups is 1. The molecule has 16 heavy (non-hydrogen) atoms. The highest BCUT2D eigenvalue weighted by atomic mass is 16.5. The largest absolute Gasteiger partial charge is 0.380 e. The average Bonchev–Trinajstić information content (AvgIpc) is 2.27. The molecule has 0 aliphatic heterocycles. The van der Waals surface area contributed by atoms with Gasteiger partial charge >= 0.3 is 0 Å². The van der Waals surface area contributed by atoms with Crippen molar-refractivity contribution in [2.45, 2.75) is 19.9 Å². The molecule has 0 aliphatic carbocycles. The van der Waals surface area contributed by atoms with Crippen molar-refractivity contribution in [3.05, 3.63) is 30.3 Å². The molecule has 4 nitrogen and oxygen atoms in total. The summed E-state index contributed by atoms with van der Waals surface area (Å²) >= 11 is 0. The molecule has 0 aromatic heterocycles. The second-order valence-electron chi connectivity index (χ2n) is 3.51. The number of benzene rings is 1. The van der Waals surface area contributed by atoms with Gasteiger partial charge in [0.1, 0.15) is 0 Å². The number of para-hydroxylation sites is 1. The molecule has 0 fully saturated rings. The van der Waals surface area contributed by atoms with Crippen molar-refractivity contribution in [2.24, 2.45) is 10.7 Å². The first kappa shape index (κ1) is 12.5. The highest BCUT2D eigenvalue weighted by molar-refractivity contribution is 5.92. The standard InChI is InChI=1S/C12H19N3O/c1-3-16-9-10(2)14-12(13)15-11-7-5-4-6-8-11/h4-8,10H,3,9H2,1-2H3,(H3,13,14,15). The zero-order chi connectivity index (χ0) is 11.8. The fraction of sp³-hybridized carbons (Fsp3) is 0.417. The van der Waals surface area contributed by atoms with Gasteiger partial charge in [0, 0.05) is 12.3 Å². The van der Waals surface area contributed by atoms with Crippen LogP contribution in [0.15, 0.2) is 35.3 Å². The van der Waals surface area contributed by atoms with E-state index in [1.165, 1.54) is 0 Å². The van der Waals surface area contributed by atoms with E-state index in [-0.39, 0.29) is 6.04 Å². The molecule has 0 heterocycles. The van der Waals surface area contributed by atoms with Crippen molar-refractivity contribution in [3.8, 4) is 0 Å². The minimum atomic E-state index is 0.0659. The third-order valence-corrected chi connectivity index (χ3v) is 1.97. The summed E-state index contributed by atoms with van der Waals surface area (Å²) in [6, 6.07) is 9.79. The van der Waals surface area contributed by atoms with Crippen LogP contribution in [-0.2, 0) is 4.74 Å². The number of hydrogen-bond acceptors (Lipinski definition) is 2. The minimum Gasteiger partial charge on any atom is -0.380 e. The first-order chi connectivity index (χ1) is 7.72. The number of nitrogens with two attached hydrogens (primary N) is 1. The fourth-order valence-corrected chi connectivity index (χ4v) is 1.26. The Kier molecular flexibility index (Phi) is 5.36. The maximum Gasteiger partial charge on any atom is 0.193 e. The molecule has 88 valence electrons. The summed E-state index contributed by atoms with van der Waals surface area (Å²) in [4.78, 5) is 4.27. The van der Waals surface area contributed by atoms with E-state index in [4.69, 9.17) is 10.5 Å². The predicted octanol–water partition coefficient (Wildman–Crippen LogP) is 1.84. The Morgan fingerprint density at radius 3 is 2.75 bits per heavy atom. The van der Waals surface area contributed by atoms with Crippen molar-refractivity contribution < 1.29 is 4.74 Å². The molecule has 0 amide bonds. The van der Waals surface area contributed by atoms with Gasteiger partial charge in [-0.25, -0.2) is 4.99 Å². The maximum absolute atomic E-state index is 5.76. The summed E-state index contributed by atoms with van der Waals surface area (Å²) in [5, 5.41) is 3.02. The molecule has 3 N–H and O–H groups in total. The molecular formula is C12H19N3O. The Morgan fingerprint density at radius 2 is 2.12 bits per heavy atom. The molecule has 0 saturated heterocycles. The van der Waals surface area contributed by atoms with Gasteiger partial charge in [0.05, 0.1) is 12.6 Å². The minimum absolute atomic E-state index is 0.0659. The third-order valence-electron chi connectivity index (χ3n) is 1.97. The van der Waals surface area contributed by atoms with Crippen LogP contribution in [-0.4, -0.2) is 25.2 Å². The molecule has 1 atom stereocenters. The molecular weight excluding hydrogens is 202 g/mol. The van der Waals surface area contributed by atoms with Crippen molar-refractivity contribution in [1.29, 1.82) is 0 Å². The van der Waals surface area contributed by atoms with Crippen molar-refractivity contribution in [2.75, 3.05) is 18.5 Å². The van der Waals surface area contributed by atoms with Gasteiger partial charge in [0.15, 0.2) is 5.96 Å². The molecule has 1 aromatic carbocycles. The molecule has 0 radical (unpaired) electrons. The fourth-order valence-electron chi connectivity index (χ4n) is 1.26. The Balaban J connectivity index is 2.45. The quantitative estimate of drug-likeness (QED) is 0.589. The number of rotatable bonds is 5. The Bertz CT molecular complexity index is 324. The number of hydrogen-bond donors (Lipinski definition) is 2. The summed E-state index contributed by atoms with van der Waals surface area (Å²) < 4.78 is 5.26. The molecule has 0 spiro atoms. The lowest BCUT2D eigenvalue weighted by Gasteiger charge is -2.09. The SMILES string of the molecule is CCOCC(C)N=C(N)Nc1ccccc1. The first-order valence-electron chi connectivity index (χ1n) is 5.45. The monoisotopic (exact) mass is 221 g/mol. The van der Waals surface area contributed by atoms with E-state index in [0.717, 1.165) is 5.69 Å².